The predicted molar refractivity (Wildman–Crippen MR) is 198 cm³/mol. The molecule has 2 N–H and O–H groups in total. The Morgan fingerprint density at radius 2 is 1.88 bits per heavy atom. The van der Waals surface area contributed by atoms with Gasteiger partial charge in [-0.25, -0.2) is 0 Å². The number of benzene rings is 1. The molecule has 1 aromatic rings. The number of likely N-dealkylation sites (N-methyl/N-ethyl adjacent to an activating group) is 1. The number of amides is 1. The summed E-state index contributed by atoms with van der Waals surface area (Å²) in [5, 5.41) is 24.2. The van der Waals surface area contributed by atoms with Gasteiger partial charge in [0.05, 0.1) is 18.2 Å². The van der Waals surface area contributed by atoms with Crippen molar-refractivity contribution in [2.24, 2.45) is 28.8 Å². The third kappa shape index (κ3) is 8.50. The molecule has 1 saturated heterocycles. The van der Waals surface area contributed by atoms with Crippen LogP contribution in [0, 0.1) is 23.7 Å². The van der Waals surface area contributed by atoms with E-state index >= 15 is 0 Å². The first-order chi connectivity index (χ1) is 24.9. The van der Waals surface area contributed by atoms with Gasteiger partial charge in [-0.05, 0) is 73.6 Å². The number of aliphatic hydroxyl groups is 2. The van der Waals surface area contributed by atoms with Gasteiger partial charge in [0.15, 0.2) is 0 Å². The molecule has 0 bridgehead atoms. The van der Waals surface area contributed by atoms with Gasteiger partial charge in [-0.1, -0.05) is 55.8 Å². The smallest absolute Gasteiger partial charge is 0.239 e. The number of aliphatic hydroxyl groups excluding tert-OH is 2. The summed E-state index contributed by atoms with van der Waals surface area (Å²) in [4.78, 5) is 23.9. The van der Waals surface area contributed by atoms with E-state index in [1.165, 1.54) is 25.7 Å². The number of nitrogens with zero attached hydrogens (tertiary/aromatic N) is 3. The Hall–Kier alpha value is -2.92. The van der Waals surface area contributed by atoms with E-state index in [-0.39, 0.29) is 49.4 Å². The Kier molecular flexibility index (Phi) is 13.2. The van der Waals surface area contributed by atoms with Crippen LogP contribution in [0.25, 0.3) is 0 Å². The lowest BCUT2D eigenvalue weighted by atomic mass is 9.55. The van der Waals surface area contributed by atoms with Gasteiger partial charge in [0.1, 0.15) is 31.3 Å². The Morgan fingerprint density at radius 1 is 1.12 bits per heavy atom. The van der Waals surface area contributed by atoms with Crippen molar-refractivity contribution in [1.82, 2.24) is 9.80 Å². The number of allylic oxidation sites excluding steroid dienone is 1. The average molecular weight is 708 g/mol. The van der Waals surface area contributed by atoms with Gasteiger partial charge >= 0.3 is 0 Å². The molecule has 2 saturated carbocycles. The molecule has 10 nitrogen and oxygen atoms in total. The fourth-order valence-electron chi connectivity index (χ4n) is 9.49. The highest BCUT2D eigenvalue weighted by atomic mass is 16.7. The normalized spacial score (nSPS) is 29.1. The number of ether oxygens (including phenoxy) is 3. The Morgan fingerprint density at radius 3 is 2.59 bits per heavy atom. The largest absolute Gasteiger partial charge is 0.492 e. The van der Waals surface area contributed by atoms with Crippen LogP contribution < -0.4 is 9.47 Å². The molecule has 282 valence electrons. The van der Waals surface area contributed by atoms with Crippen LogP contribution in [0.2, 0.25) is 0 Å². The molecule has 5 aliphatic rings. The summed E-state index contributed by atoms with van der Waals surface area (Å²) in [6.45, 7) is 8.37. The molecule has 0 radical (unpaired) electrons. The number of oxime groups is 1. The van der Waals surface area contributed by atoms with E-state index in [9.17, 15) is 15.0 Å². The number of carbonyl (C=O) groups is 1. The van der Waals surface area contributed by atoms with Crippen LogP contribution in [-0.4, -0.2) is 104 Å². The molecule has 6 rings (SSSR count). The molecule has 1 amide bonds. The average Bonchev–Trinajstić information content (AvgIpc) is 3.81. The maximum absolute atomic E-state index is 14.1. The summed E-state index contributed by atoms with van der Waals surface area (Å²) in [5.41, 5.74) is 2.96. The van der Waals surface area contributed by atoms with E-state index in [0.29, 0.717) is 25.4 Å². The summed E-state index contributed by atoms with van der Waals surface area (Å²) in [6.07, 6.45) is 16.0. The monoisotopic (exact) mass is 707 g/mol. The van der Waals surface area contributed by atoms with E-state index in [0.717, 1.165) is 92.9 Å². The van der Waals surface area contributed by atoms with Crippen LogP contribution in [0.5, 0.6) is 11.5 Å². The number of hydrogen-bond acceptors (Lipinski definition) is 9. The molecule has 3 aliphatic carbocycles. The van der Waals surface area contributed by atoms with Gasteiger partial charge in [0, 0.05) is 64.2 Å². The Balaban J connectivity index is 1.46. The SMILES string of the molecule is C=CCOC12Oc3ccc(OCCN4CC4)cc3C3C(CCCCO)C(CCCCO)C=C(C(=NOC)CC1N(C)C(=O)CCC1CCCC1)C32. The number of carbonyl (C=O) groups excluding carboxylic acids is 1. The van der Waals surface area contributed by atoms with E-state index in [1.807, 2.05) is 24.1 Å². The van der Waals surface area contributed by atoms with E-state index in [2.05, 4.69) is 28.8 Å². The van der Waals surface area contributed by atoms with Gasteiger partial charge in [-0.2, -0.15) is 0 Å². The predicted octanol–water partition coefficient (Wildman–Crippen LogP) is 6.07. The van der Waals surface area contributed by atoms with Gasteiger partial charge in [0.2, 0.25) is 11.7 Å². The zero-order valence-electron chi connectivity index (χ0n) is 31.0. The molecule has 0 spiro atoms. The highest BCUT2D eigenvalue weighted by Crippen LogP contribution is 2.61. The quantitative estimate of drug-likeness (QED) is 0.0727. The van der Waals surface area contributed by atoms with Gasteiger partial charge in [-0.3, -0.25) is 9.69 Å². The van der Waals surface area contributed by atoms with Gasteiger partial charge < -0.3 is 34.2 Å². The fourth-order valence-corrected chi connectivity index (χ4v) is 9.49. The van der Waals surface area contributed by atoms with Crippen molar-refractivity contribution in [3.05, 3.63) is 48.1 Å². The Bertz CT molecular complexity index is 1390. The summed E-state index contributed by atoms with van der Waals surface area (Å²) in [7, 11) is 3.49. The third-order valence-electron chi connectivity index (χ3n) is 12.2. The van der Waals surface area contributed by atoms with Gasteiger partial charge in [-0.15, -0.1) is 6.58 Å². The minimum Gasteiger partial charge on any atom is -0.492 e. The molecule has 1 aromatic carbocycles. The Labute approximate surface area is 304 Å². The number of hydrogen-bond donors (Lipinski definition) is 2. The number of unbranched alkanes of at least 4 members (excludes halogenated alkanes) is 2. The maximum atomic E-state index is 14.1. The molecule has 3 fully saturated rings. The van der Waals surface area contributed by atoms with Crippen LogP contribution in [-0.2, 0) is 14.4 Å². The molecule has 10 heteroatoms. The first-order valence-electron chi connectivity index (χ1n) is 19.7. The molecule has 51 heavy (non-hydrogen) atoms. The molecule has 6 atom stereocenters. The topological polar surface area (TPSA) is 113 Å². The lowest BCUT2D eigenvalue weighted by Gasteiger charge is -2.59. The first-order valence-corrected chi connectivity index (χ1v) is 19.7. The van der Waals surface area contributed by atoms with Crippen molar-refractivity contribution in [2.45, 2.75) is 101 Å². The fraction of sp³-hybridized carbons (Fsp3) is 0.707. The zero-order chi connectivity index (χ0) is 35.8. The molecule has 0 aromatic heterocycles. The first kappa shape index (κ1) is 37.8. The lowest BCUT2D eigenvalue weighted by Crippen LogP contribution is -2.69. The summed E-state index contributed by atoms with van der Waals surface area (Å²) in [6, 6.07) is 5.72. The summed E-state index contributed by atoms with van der Waals surface area (Å²) in [5.74, 6) is 1.14. The highest BCUT2D eigenvalue weighted by molar-refractivity contribution is 6.03. The van der Waals surface area contributed by atoms with Crippen LogP contribution >= 0.6 is 0 Å². The van der Waals surface area contributed by atoms with Crippen molar-refractivity contribution in [2.75, 3.05) is 60.2 Å². The third-order valence-corrected chi connectivity index (χ3v) is 12.2. The van der Waals surface area contributed by atoms with Crippen LogP contribution in [0.3, 0.4) is 0 Å². The van der Waals surface area contributed by atoms with Crippen LogP contribution in [0.15, 0.2) is 47.7 Å². The number of rotatable bonds is 20. The molecular weight excluding hydrogens is 646 g/mol. The molecule has 2 aliphatic heterocycles. The van der Waals surface area contributed by atoms with Crippen molar-refractivity contribution in [3.63, 3.8) is 0 Å². The van der Waals surface area contributed by atoms with Crippen molar-refractivity contribution in [3.8, 4) is 11.5 Å². The van der Waals surface area contributed by atoms with Crippen LogP contribution in [0.4, 0.5) is 0 Å². The minimum absolute atomic E-state index is 0.0426. The standard InChI is InChI=1S/C41H61N3O7/c1-4-24-50-41-37(43(2)38(47)18-15-29-11-5-6-12-29)28-35(42-48-3)33-26-30(13-7-9-22-45)32(14-8-10-23-46)39(40(33)41)34-27-31(16-17-36(34)51-41)49-25-21-44-19-20-44/h4,16-17,26-27,29-30,32,37,39-40,45-46H,1,5-15,18-25,28H2,2-3H3. The molecule has 2 heterocycles. The number of fused-ring (bicyclic) bond motifs is 2. The van der Waals surface area contributed by atoms with Crippen molar-refractivity contribution in [1.29, 1.82) is 0 Å². The summed E-state index contributed by atoms with van der Waals surface area (Å²) >= 11 is 0. The highest BCUT2D eigenvalue weighted by Gasteiger charge is 2.65. The van der Waals surface area contributed by atoms with Crippen molar-refractivity contribution < 1.29 is 34.1 Å². The summed E-state index contributed by atoms with van der Waals surface area (Å²) < 4.78 is 20.5. The van der Waals surface area contributed by atoms with E-state index in [4.69, 9.17) is 19.0 Å². The minimum atomic E-state index is -1.20. The van der Waals surface area contributed by atoms with Crippen molar-refractivity contribution >= 4 is 11.6 Å². The maximum Gasteiger partial charge on any atom is 0.239 e. The van der Waals surface area contributed by atoms with Crippen LogP contribution in [0.1, 0.15) is 95.0 Å². The van der Waals surface area contributed by atoms with E-state index in [1.54, 1.807) is 13.2 Å². The second-order valence-corrected chi connectivity index (χ2v) is 15.3. The van der Waals surface area contributed by atoms with Gasteiger partial charge in [0.25, 0.3) is 0 Å². The molecule has 6 unspecified atom stereocenters. The zero-order valence-corrected chi connectivity index (χ0v) is 31.0. The molecular formula is C41H61N3O7. The lowest BCUT2D eigenvalue weighted by molar-refractivity contribution is -0.255. The second kappa shape index (κ2) is 17.7. The van der Waals surface area contributed by atoms with E-state index < -0.39 is 11.8 Å². The second-order valence-electron chi connectivity index (χ2n) is 15.3.